The molecule has 0 aliphatic carbocycles. The summed E-state index contributed by atoms with van der Waals surface area (Å²) in [6, 6.07) is 1.28. The molecular weight excluding hydrogens is 555 g/mol. The van der Waals surface area contributed by atoms with Gasteiger partial charge in [-0.05, 0) is 32.5 Å². The van der Waals surface area contributed by atoms with Crippen LogP contribution in [0.4, 0.5) is 4.79 Å². The van der Waals surface area contributed by atoms with Crippen molar-refractivity contribution in [3.05, 3.63) is 45.3 Å². The first-order valence-corrected chi connectivity index (χ1v) is 18.2. The predicted molar refractivity (Wildman–Crippen MR) is 174 cm³/mol. The molecule has 9 nitrogen and oxygen atoms in total. The summed E-state index contributed by atoms with van der Waals surface area (Å²) < 4.78 is 23.8. The average molecular weight is 613 g/mol. The quantitative estimate of drug-likeness (QED) is 0.0681. The highest BCUT2D eigenvalue weighted by atomic mass is 31.2. The zero-order valence-corrected chi connectivity index (χ0v) is 27.5. The van der Waals surface area contributed by atoms with E-state index < -0.39 is 24.7 Å². The van der Waals surface area contributed by atoms with Crippen molar-refractivity contribution in [2.45, 2.75) is 130 Å². The molecule has 10 heteroatoms. The van der Waals surface area contributed by atoms with Gasteiger partial charge in [-0.1, -0.05) is 103 Å². The van der Waals surface area contributed by atoms with E-state index in [-0.39, 0.29) is 12.6 Å². The molecule has 1 heterocycles. The number of carbonyl (C=O) groups is 1. The number of hydrogen-bond acceptors (Lipinski definition) is 7. The van der Waals surface area contributed by atoms with Crippen LogP contribution in [0.25, 0.3) is 0 Å². The molecule has 0 aromatic carbocycles. The van der Waals surface area contributed by atoms with Gasteiger partial charge >= 0.3 is 11.8 Å². The second kappa shape index (κ2) is 24.4. The van der Waals surface area contributed by atoms with Crippen LogP contribution in [0.3, 0.4) is 0 Å². The topological polar surface area (TPSA) is 109 Å². The SMILES string of the molecule is CCCCCCCCCCCCCCCCOCCCOP(C)(=CC=CCn1ccc(=O)[nH]c1=O)OC(=O)OC(C)C. The van der Waals surface area contributed by atoms with Crippen molar-refractivity contribution in [2.75, 3.05) is 26.5 Å². The molecule has 1 aromatic heterocycles. The van der Waals surface area contributed by atoms with E-state index in [1.807, 2.05) is 0 Å². The molecule has 0 aliphatic rings. The minimum atomic E-state index is -2.70. The van der Waals surface area contributed by atoms with Crippen molar-refractivity contribution in [1.29, 1.82) is 0 Å². The van der Waals surface area contributed by atoms with Crippen LogP contribution in [0, 0.1) is 0 Å². The van der Waals surface area contributed by atoms with Crippen molar-refractivity contribution in [2.24, 2.45) is 0 Å². The summed E-state index contributed by atoms with van der Waals surface area (Å²) in [5.74, 6) is 1.70. The van der Waals surface area contributed by atoms with Gasteiger partial charge in [0, 0.05) is 38.7 Å². The van der Waals surface area contributed by atoms with E-state index in [1.165, 1.54) is 100 Å². The Morgan fingerprint density at radius 1 is 0.881 bits per heavy atom. The molecule has 1 N–H and O–H groups in total. The van der Waals surface area contributed by atoms with Crippen molar-refractivity contribution < 1.29 is 23.3 Å². The number of allylic oxidation sites excluding steroid dienone is 2. The summed E-state index contributed by atoms with van der Waals surface area (Å²) in [6.45, 7) is 9.46. The number of H-pyrrole nitrogens is 1. The third-order valence-corrected chi connectivity index (χ3v) is 8.62. The minimum absolute atomic E-state index is 0.246. The zero-order chi connectivity index (χ0) is 30.9. The minimum Gasteiger partial charge on any atom is -0.431 e. The number of rotatable bonds is 25. The van der Waals surface area contributed by atoms with Gasteiger partial charge in [-0.25, -0.2) is 9.59 Å². The van der Waals surface area contributed by atoms with Crippen LogP contribution in [0.15, 0.2) is 34.0 Å². The molecule has 0 spiro atoms. The fourth-order valence-corrected chi connectivity index (χ4v) is 5.81. The fourth-order valence-electron chi connectivity index (χ4n) is 4.35. The van der Waals surface area contributed by atoms with Crippen LogP contribution in [-0.4, -0.2) is 54.1 Å². The molecule has 1 unspecified atom stereocenters. The monoisotopic (exact) mass is 612 g/mol. The van der Waals surface area contributed by atoms with Gasteiger partial charge in [-0.15, -0.1) is 0 Å². The maximum Gasteiger partial charge on any atom is 0.513 e. The summed E-state index contributed by atoms with van der Waals surface area (Å²) in [4.78, 5) is 37.4. The third kappa shape index (κ3) is 20.7. The highest BCUT2D eigenvalue weighted by Gasteiger charge is 2.19. The first-order chi connectivity index (χ1) is 20.3. The molecule has 0 aliphatic heterocycles. The third-order valence-electron chi connectivity index (χ3n) is 6.70. The molecule has 0 saturated heterocycles. The lowest BCUT2D eigenvalue weighted by Crippen LogP contribution is -2.28. The van der Waals surface area contributed by atoms with Gasteiger partial charge in [0.15, 0.2) is 7.34 Å². The lowest BCUT2D eigenvalue weighted by Gasteiger charge is -2.21. The lowest BCUT2D eigenvalue weighted by molar-refractivity contribution is 0.0701. The Hall–Kier alpha value is -2.09. The van der Waals surface area contributed by atoms with E-state index in [0.29, 0.717) is 19.6 Å². The van der Waals surface area contributed by atoms with Crippen molar-refractivity contribution in [3.63, 3.8) is 0 Å². The number of ether oxygens (including phenoxy) is 2. The van der Waals surface area contributed by atoms with Gasteiger partial charge in [0.25, 0.3) is 5.56 Å². The first-order valence-electron chi connectivity index (χ1n) is 16.0. The Morgan fingerprint density at radius 2 is 1.45 bits per heavy atom. The van der Waals surface area contributed by atoms with Crippen molar-refractivity contribution in [1.82, 2.24) is 9.55 Å². The molecule has 0 amide bonds. The Balaban J connectivity index is 2.23. The normalized spacial score (nSPS) is 13.0. The molecule has 1 atom stereocenters. The van der Waals surface area contributed by atoms with Gasteiger partial charge in [0.2, 0.25) is 0 Å². The van der Waals surface area contributed by atoms with Crippen LogP contribution in [0.2, 0.25) is 0 Å². The molecule has 1 rings (SSSR count). The number of carbonyl (C=O) groups excluding carboxylic acids is 1. The van der Waals surface area contributed by atoms with Gasteiger partial charge in [0.1, 0.15) is 0 Å². The van der Waals surface area contributed by atoms with Crippen LogP contribution in [0.5, 0.6) is 0 Å². The molecule has 1 aromatic rings. The van der Waals surface area contributed by atoms with Gasteiger partial charge in [-0.3, -0.25) is 14.3 Å². The number of nitrogens with zero attached hydrogens (tertiary/aromatic N) is 1. The zero-order valence-electron chi connectivity index (χ0n) is 26.7. The average Bonchev–Trinajstić information content (AvgIpc) is 2.93. The predicted octanol–water partition coefficient (Wildman–Crippen LogP) is 7.84. The smallest absolute Gasteiger partial charge is 0.431 e. The second-order valence-electron chi connectivity index (χ2n) is 11.2. The van der Waals surface area contributed by atoms with E-state index in [2.05, 4.69) is 11.9 Å². The van der Waals surface area contributed by atoms with E-state index in [4.69, 9.17) is 18.5 Å². The molecule has 0 saturated carbocycles. The summed E-state index contributed by atoms with van der Waals surface area (Å²) >= 11 is 0. The van der Waals surface area contributed by atoms with Crippen LogP contribution < -0.4 is 11.2 Å². The summed E-state index contributed by atoms with van der Waals surface area (Å²) in [5.41, 5.74) is -0.939. The molecular formula is C32H57N2O7P. The van der Waals surface area contributed by atoms with E-state index in [9.17, 15) is 14.4 Å². The number of hydrogen-bond donors (Lipinski definition) is 1. The van der Waals surface area contributed by atoms with Gasteiger partial charge < -0.3 is 18.5 Å². The van der Waals surface area contributed by atoms with Gasteiger partial charge in [-0.2, -0.15) is 0 Å². The van der Waals surface area contributed by atoms with Crippen molar-refractivity contribution >= 4 is 19.3 Å². The van der Waals surface area contributed by atoms with Crippen LogP contribution in [0.1, 0.15) is 117 Å². The van der Waals surface area contributed by atoms with Crippen LogP contribution in [-0.2, 0) is 25.1 Å². The molecule has 0 radical (unpaired) electrons. The summed E-state index contributed by atoms with van der Waals surface area (Å²) in [6.07, 6.45) is 23.1. The number of nitrogens with one attached hydrogen (secondary N) is 1. The Bertz CT molecular complexity index is 1030. The molecule has 0 fully saturated rings. The lowest BCUT2D eigenvalue weighted by atomic mass is 10.0. The highest BCUT2D eigenvalue weighted by Crippen LogP contribution is 2.46. The first kappa shape index (κ1) is 37.9. The maximum absolute atomic E-state index is 12.2. The largest absolute Gasteiger partial charge is 0.513 e. The van der Waals surface area contributed by atoms with E-state index >= 15 is 0 Å². The Kier molecular flexibility index (Phi) is 22.0. The highest BCUT2D eigenvalue weighted by molar-refractivity contribution is 7.65. The number of unbranched alkanes of at least 4 members (excludes halogenated alkanes) is 13. The van der Waals surface area contributed by atoms with E-state index in [0.717, 1.165) is 13.0 Å². The van der Waals surface area contributed by atoms with Crippen LogP contribution >= 0.6 is 7.34 Å². The fraction of sp³-hybridized carbons (Fsp3) is 0.750. The summed E-state index contributed by atoms with van der Waals surface area (Å²) in [5, 5.41) is 0. The standard InChI is InChI=1S/C32H57N2O7P/c1-5-6-7-8-9-10-11-12-13-14-15-16-17-19-25-38-26-21-27-39-42(4,41-32(37)40-29(2)3)28-20-18-23-34-24-22-30(35)33-31(34)36/h18,20,22,24,28-29H,5-17,19,21,23,25-27H2,1-4H3,(H,33,35,36). The second-order valence-corrected chi connectivity index (χ2v) is 13.7. The Morgan fingerprint density at radius 3 is 2.02 bits per heavy atom. The maximum atomic E-state index is 12.2. The molecule has 242 valence electrons. The van der Waals surface area contributed by atoms with Gasteiger partial charge in [0.05, 0.1) is 12.7 Å². The number of aromatic nitrogens is 2. The summed E-state index contributed by atoms with van der Waals surface area (Å²) in [7, 11) is -2.70. The Labute approximate surface area is 253 Å². The van der Waals surface area contributed by atoms with Crippen molar-refractivity contribution in [3.8, 4) is 0 Å². The number of aromatic amines is 1. The molecule has 42 heavy (non-hydrogen) atoms. The van der Waals surface area contributed by atoms with E-state index in [1.54, 1.807) is 38.5 Å². The molecule has 0 bridgehead atoms.